The van der Waals surface area contributed by atoms with Crippen LogP contribution in [0.5, 0.6) is 5.75 Å². The van der Waals surface area contributed by atoms with Crippen molar-refractivity contribution in [2.75, 3.05) is 19.6 Å². The molecule has 1 amide bonds. The molecule has 1 aromatic carbocycles. The molecule has 0 fully saturated rings. The van der Waals surface area contributed by atoms with Gasteiger partial charge in [-0.25, -0.2) is 4.99 Å². The number of carbonyl (C=O) groups is 1. The molecular weight excluding hydrogens is 292 g/mol. The molecule has 6 heteroatoms. The highest BCUT2D eigenvalue weighted by molar-refractivity contribution is 5.85. The van der Waals surface area contributed by atoms with Crippen molar-refractivity contribution in [1.82, 2.24) is 16.0 Å². The maximum atomic E-state index is 11.8. The lowest BCUT2D eigenvalue weighted by atomic mass is 10.1. The summed E-state index contributed by atoms with van der Waals surface area (Å²) in [5, 5.41) is 18.6. The molecule has 0 heterocycles. The van der Waals surface area contributed by atoms with Crippen molar-refractivity contribution in [2.24, 2.45) is 4.99 Å². The largest absolute Gasteiger partial charge is 0.508 e. The summed E-state index contributed by atoms with van der Waals surface area (Å²) in [4.78, 5) is 16.1. The lowest BCUT2D eigenvalue weighted by Gasteiger charge is -2.20. The summed E-state index contributed by atoms with van der Waals surface area (Å²) in [5.41, 5.74) is 0.784. The summed E-state index contributed by atoms with van der Waals surface area (Å²) < 4.78 is 0. The predicted molar refractivity (Wildman–Crippen MR) is 93.7 cm³/mol. The highest BCUT2D eigenvalue weighted by Gasteiger charge is 2.13. The van der Waals surface area contributed by atoms with Crippen molar-refractivity contribution < 1.29 is 9.90 Å². The van der Waals surface area contributed by atoms with E-state index < -0.39 is 0 Å². The minimum Gasteiger partial charge on any atom is -0.508 e. The van der Waals surface area contributed by atoms with Crippen molar-refractivity contribution in [3.8, 4) is 5.75 Å². The van der Waals surface area contributed by atoms with Gasteiger partial charge in [0.2, 0.25) is 5.91 Å². The zero-order valence-corrected chi connectivity index (χ0v) is 14.4. The Labute approximate surface area is 138 Å². The second-order valence-corrected chi connectivity index (χ2v) is 6.34. The quantitative estimate of drug-likeness (QED) is 0.471. The first kappa shape index (κ1) is 18.8. The van der Waals surface area contributed by atoms with Crippen molar-refractivity contribution in [3.63, 3.8) is 0 Å². The number of aromatic hydroxyl groups is 1. The second kappa shape index (κ2) is 9.02. The molecule has 0 aromatic heterocycles. The fraction of sp³-hybridized carbons (Fsp3) is 0.529. The lowest BCUT2D eigenvalue weighted by molar-refractivity contribution is -0.121. The van der Waals surface area contributed by atoms with Gasteiger partial charge in [0.1, 0.15) is 12.3 Å². The molecule has 0 atom stereocenters. The van der Waals surface area contributed by atoms with Crippen LogP contribution in [0.3, 0.4) is 0 Å². The van der Waals surface area contributed by atoms with E-state index in [2.05, 4.69) is 20.9 Å². The molecule has 0 radical (unpaired) electrons. The monoisotopic (exact) mass is 320 g/mol. The Morgan fingerprint density at radius 3 is 2.61 bits per heavy atom. The molecule has 0 bridgehead atoms. The highest BCUT2D eigenvalue weighted by Crippen LogP contribution is 2.10. The summed E-state index contributed by atoms with van der Waals surface area (Å²) in [6.45, 7) is 9.25. The first-order chi connectivity index (χ1) is 10.8. The zero-order valence-electron chi connectivity index (χ0n) is 14.4. The van der Waals surface area contributed by atoms with Gasteiger partial charge in [0.05, 0.1) is 0 Å². The molecule has 23 heavy (non-hydrogen) atoms. The summed E-state index contributed by atoms with van der Waals surface area (Å²) in [6.07, 6.45) is 0.757. The normalized spacial score (nSPS) is 11.9. The van der Waals surface area contributed by atoms with Gasteiger partial charge in [0, 0.05) is 18.6 Å². The van der Waals surface area contributed by atoms with Gasteiger partial charge >= 0.3 is 0 Å². The topological polar surface area (TPSA) is 85.8 Å². The number of aliphatic imine (C=N–C) groups is 1. The number of nitrogens with zero attached hydrogens (tertiary/aromatic N) is 1. The number of rotatable bonds is 6. The fourth-order valence-corrected chi connectivity index (χ4v) is 1.99. The van der Waals surface area contributed by atoms with Crippen LogP contribution in [0.25, 0.3) is 0 Å². The Balaban J connectivity index is 2.47. The minimum atomic E-state index is -0.256. The molecule has 0 aliphatic carbocycles. The number of carbonyl (C=O) groups excluding carboxylic acids is 1. The minimum absolute atomic E-state index is 0.0821. The standard InChI is InChI=1S/C17H28N4O2/c1-5-18-16(20-12-15(23)21-17(2,3)4)19-10-9-13-7-6-8-14(22)11-13/h6-8,11,22H,5,9-10,12H2,1-4H3,(H,21,23)(H2,18,19,20). The van der Waals surface area contributed by atoms with E-state index in [1.54, 1.807) is 12.1 Å². The third-order valence-corrected chi connectivity index (χ3v) is 2.86. The average molecular weight is 320 g/mol. The van der Waals surface area contributed by atoms with E-state index in [1.165, 1.54) is 0 Å². The molecule has 0 unspecified atom stereocenters. The molecule has 4 N–H and O–H groups in total. The maximum absolute atomic E-state index is 11.8. The third kappa shape index (κ3) is 8.70. The van der Waals surface area contributed by atoms with Crippen molar-refractivity contribution in [2.45, 2.75) is 39.7 Å². The molecule has 128 valence electrons. The van der Waals surface area contributed by atoms with Gasteiger partial charge in [-0.1, -0.05) is 12.1 Å². The number of guanidine groups is 1. The van der Waals surface area contributed by atoms with Crippen LogP contribution in [0, 0.1) is 0 Å². The Bertz CT molecular complexity index is 536. The molecule has 0 saturated carbocycles. The molecule has 6 nitrogen and oxygen atoms in total. The number of nitrogens with one attached hydrogen (secondary N) is 3. The van der Waals surface area contributed by atoms with Gasteiger partial charge in [-0.2, -0.15) is 0 Å². The van der Waals surface area contributed by atoms with Crippen LogP contribution >= 0.6 is 0 Å². The van der Waals surface area contributed by atoms with Gasteiger partial charge in [0.25, 0.3) is 0 Å². The summed E-state index contributed by atoms with van der Waals surface area (Å²) in [7, 11) is 0. The van der Waals surface area contributed by atoms with E-state index in [0.29, 0.717) is 12.5 Å². The molecule has 0 aliphatic rings. The smallest absolute Gasteiger partial charge is 0.242 e. The number of hydrogen-bond donors (Lipinski definition) is 4. The highest BCUT2D eigenvalue weighted by atomic mass is 16.3. The van der Waals surface area contributed by atoms with Crippen LogP contribution in [-0.4, -0.2) is 42.1 Å². The van der Waals surface area contributed by atoms with Crippen LogP contribution in [0.1, 0.15) is 33.3 Å². The Morgan fingerprint density at radius 2 is 2.00 bits per heavy atom. The van der Waals surface area contributed by atoms with Gasteiger partial charge in [-0.3, -0.25) is 4.79 Å². The van der Waals surface area contributed by atoms with Gasteiger partial charge in [-0.05, 0) is 51.8 Å². The van der Waals surface area contributed by atoms with E-state index in [9.17, 15) is 9.90 Å². The fourth-order valence-electron chi connectivity index (χ4n) is 1.99. The average Bonchev–Trinajstić information content (AvgIpc) is 2.43. The van der Waals surface area contributed by atoms with Gasteiger partial charge in [-0.15, -0.1) is 0 Å². The number of benzene rings is 1. The Kier molecular flexibility index (Phi) is 7.38. The van der Waals surface area contributed by atoms with E-state index in [4.69, 9.17) is 0 Å². The number of amides is 1. The van der Waals surface area contributed by atoms with Crippen LogP contribution < -0.4 is 16.0 Å². The summed E-state index contributed by atoms with van der Waals surface area (Å²) >= 11 is 0. The van der Waals surface area contributed by atoms with Crippen molar-refractivity contribution >= 4 is 11.9 Å². The number of hydrogen-bond acceptors (Lipinski definition) is 3. The van der Waals surface area contributed by atoms with Gasteiger partial charge in [0.15, 0.2) is 5.96 Å². The first-order valence-corrected chi connectivity index (χ1v) is 7.91. The summed E-state index contributed by atoms with van der Waals surface area (Å²) in [5.74, 6) is 0.765. The molecule has 1 aromatic rings. The predicted octanol–water partition coefficient (Wildman–Crippen LogP) is 1.40. The molecule has 1 rings (SSSR count). The maximum Gasteiger partial charge on any atom is 0.242 e. The second-order valence-electron chi connectivity index (χ2n) is 6.34. The molecule has 0 saturated heterocycles. The van der Waals surface area contributed by atoms with Crippen molar-refractivity contribution in [1.29, 1.82) is 0 Å². The number of phenols is 1. The lowest BCUT2D eigenvalue weighted by Crippen LogP contribution is -2.43. The van der Waals surface area contributed by atoms with Crippen LogP contribution in [0.15, 0.2) is 29.3 Å². The third-order valence-electron chi connectivity index (χ3n) is 2.86. The number of phenolic OH excluding ortho intramolecular Hbond substituents is 1. The Morgan fingerprint density at radius 1 is 1.26 bits per heavy atom. The molecule has 0 spiro atoms. The van der Waals surface area contributed by atoms with E-state index in [0.717, 1.165) is 18.5 Å². The Hall–Kier alpha value is -2.24. The SMILES string of the molecule is CCNC(=NCC(=O)NC(C)(C)C)NCCc1cccc(O)c1. The first-order valence-electron chi connectivity index (χ1n) is 7.91. The van der Waals surface area contributed by atoms with Crippen LogP contribution in [0.4, 0.5) is 0 Å². The van der Waals surface area contributed by atoms with Crippen LogP contribution in [-0.2, 0) is 11.2 Å². The van der Waals surface area contributed by atoms with E-state index in [-0.39, 0.29) is 23.7 Å². The van der Waals surface area contributed by atoms with Crippen molar-refractivity contribution in [3.05, 3.63) is 29.8 Å². The van der Waals surface area contributed by atoms with E-state index in [1.807, 2.05) is 39.8 Å². The molecule has 0 aliphatic heterocycles. The van der Waals surface area contributed by atoms with E-state index >= 15 is 0 Å². The zero-order chi connectivity index (χ0) is 17.3. The molecular formula is C17H28N4O2. The van der Waals surface area contributed by atoms with Crippen LogP contribution in [0.2, 0.25) is 0 Å². The van der Waals surface area contributed by atoms with Gasteiger partial charge < -0.3 is 21.1 Å². The summed E-state index contributed by atoms with van der Waals surface area (Å²) in [6, 6.07) is 7.17.